The lowest BCUT2D eigenvalue weighted by Gasteiger charge is -2.35. The molecule has 1 nitrogen and oxygen atoms in total. The SMILES string of the molecule is CC(/C=C1/CC2CCCC12)CCN. The molecule has 0 saturated heterocycles. The molecule has 0 radical (unpaired) electrons. The fraction of sp³-hybridized carbons (Fsp3) is 0.833. The van der Waals surface area contributed by atoms with E-state index < -0.39 is 0 Å². The van der Waals surface area contributed by atoms with Gasteiger partial charge in [0.05, 0.1) is 0 Å². The molecule has 2 N–H and O–H groups in total. The van der Waals surface area contributed by atoms with Crippen LogP contribution >= 0.6 is 0 Å². The highest BCUT2D eigenvalue weighted by Crippen LogP contribution is 2.51. The highest BCUT2D eigenvalue weighted by atomic mass is 14.5. The molecule has 74 valence electrons. The van der Waals surface area contributed by atoms with Crippen molar-refractivity contribution < 1.29 is 0 Å². The van der Waals surface area contributed by atoms with E-state index in [1.165, 1.54) is 25.7 Å². The molecule has 0 heterocycles. The minimum atomic E-state index is 0.710. The van der Waals surface area contributed by atoms with Crippen molar-refractivity contribution in [3.8, 4) is 0 Å². The van der Waals surface area contributed by atoms with E-state index in [0.717, 1.165) is 24.8 Å². The number of fused-ring (bicyclic) bond motifs is 1. The van der Waals surface area contributed by atoms with Gasteiger partial charge in [-0.3, -0.25) is 0 Å². The monoisotopic (exact) mass is 179 g/mol. The van der Waals surface area contributed by atoms with E-state index in [-0.39, 0.29) is 0 Å². The summed E-state index contributed by atoms with van der Waals surface area (Å²) in [6, 6.07) is 0. The molecule has 0 bridgehead atoms. The predicted octanol–water partition coefficient (Wildman–Crippen LogP) is 2.72. The Morgan fingerprint density at radius 1 is 1.54 bits per heavy atom. The Bertz CT molecular complexity index is 207. The van der Waals surface area contributed by atoms with Gasteiger partial charge in [0.2, 0.25) is 0 Å². The number of rotatable bonds is 3. The van der Waals surface area contributed by atoms with Crippen molar-refractivity contribution in [3.63, 3.8) is 0 Å². The van der Waals surface area contributed by atoms with Gasteiger partial charge in [0.15, 0.2) is 0 Å². The summed E-state index contributed by atoms with van der Waals surface area (Å²) in [5.41, 5.74) is 7.30. The molecule has 0 aromatic heterocycles. The topological polar surface area (TPSA) is 26.0 Å². The van der Waals surface area contributed by atoms with E-state index in [1.54, 1.807) is 5.57 Å². The van der Waals surface area contributed by atoms with Gasteiger partial charge in [-0.05, 0) is 50.0 Å². The molecule has 0 spiro atoms. The molecule has 0 aliphatic heterocycles. The molecule has 1 heteroatoms. The Morgan fingerprint density at radius 3 is 3.08 bits per heavy atom. The normalized spacial score (nSPS) is 37.2. The van der Waals surface area contributed by atoms with Crippen LogP contribution in [0.2, 0.25) is 0 Å². The second kappa shape index (κ2) is 3.83. The zero-order valence-corrected chi connectivity index (χ0v) is 8.63. The number of hydrogen-bond acceptors (Lipinski definition) is 1. The summed E-state index contributed by atoms with van der Waals surface area (Å²) in [4.78, 5) is 0. The molecule has 13 heavy (non-hydrogen) atoms. The number of hydrogen-bond donors (Lipinski definition) is 1. The Labute approximate surface area is 81.4 Å². The Kier molecular flexibility index (Phi) is 2.73. The Balaban J connectivity index is 1.87. The summed E-state index contributed by atoms with van der Waals surface area (Å²) in [5, 5.41) is 0. The second-order valence-corrected chi connectivity index (χ2v) is 4.80. The number of nitrogens with two attached hydrogens (primary N) is 1. The average molecular weight is 179 g/mol. The van der Waals surface area contributed by atoms with Crippen LogP contribution in [0.4, 0.5) is 0 Å². The van der Waals surface area contributed by atoms with E-state index in [2.05, 4.69) is 13.0 Å². The van der Waals surface area contributed by atoms with Crippen LogP contribution in [0.3, 0.4) is 0 Å². The maximum atomic E-state index is 5.54. The van der Waals surface area contributed by atoms with Gasteiger partial charge in [-0.25, -0.2) is 0 Å². The molecular formula is C12H21N. The van der Waals surface area contributed by atoms with E-state index in [9.17, 15) is 0 Å². The van der Waals surface area contributed by atoms with E-state index in [0.29, 0.717) is 5.92 Å². The molecule has 2 aliphatic rings. The fourth-order valence-corrected chi connectivity index (χ4v) is 2.97. The second-order valence-electron chi connectivity index (χ2n) is 4.80. The van der Waals surface area contributed by atoms with Gasteiger partial charge in [-0.2, -0.15) is 0 Å². The van der Waals surface area contributed by atoms with Crippen molar-refractivity contribution >= 4 is 0 Å². The third kappa shape index (κ3) is 1.80. The first kappa shape index (κ1) is 9.26. The van der Waals surface area contributed by atoms with E-state index >= 15 is 0 Å². The molecule has 2 saturated carbocycles. The first-order chi connectivity index (χ1) is 6.31. The van der Waals surface area contributed by atoms with Crippen molar-refractivity contribution in [1.82, 2.24) is 0 Å². The largest absolute Gasteiger partial charge is 0.330 e. The lowest BCUT2D eigenvalue weighted by Crippen LogP contribution is -2.24. The fourth-order valence-electron chi connectivity index (χ4n) is 2.97. The van der Waals surface area contributed by atoms with Crippen LogP contribution in [0.5, 0.6) is 0 Å². The van der Waals surface area contributed by atoms with Crippen LogP contribution in [0.1, 0.15) is 39.0 Å². The zero-order valence-electron chi connectivity index (χ0n) is 8.63. The van der Waals surface area contributed by atoms with Gasteiger partial charge >= 0.3 is 0 Å². The molecule has 3 unspecified atom stereocenters. The first-order valence-corrected chi connectivity index (χ1v) is 5.72. The molecular weight excluding hydrogens is 158 g/mol. The van der Waals surface area contributed by atoms with Gasteiger partial charge in [0.1, 0.15) is 0 Å². The standard InChI is InChI=1S/C12H21N/c1-9(5-6-13)7-11-8-10-3-2-4-12(10)11/h7,9-10,12H,2-6,8,13H2,1H3/b11-7-. The van der Waals surface area contributed by atoms with Crippen LogP contribution in [0.25, 0.3) is 0 Å². The molecule has 2 rings (SSSR count). The molecule has 3 atom stereocenters. The highest BCUT2D eigenvalue weighted by molar-refractivity contribution is 5.21. The van der Waals surface area contributed by atoms with Gasteiger partial charge in [-0.1, -0.05) is 25.0 Å². The van der Waals surface area contributed by atoms with E-state index in [4.69, 9.17) is 5.73 Å². The summed E-state index contributed by atoms with van der Waals surface area (Å²) in [6.07, 6.45) is 9.48. The lowest BCUT2D eigenvalue weighted by atomic mass is 9.70. The number of allylic oxidation sites excluding steroid dienone is 2. The zero-order chi connectivity index (χ0) is 9.26. The Hall–Kier alpha value is -0.300. The molecule has 2 fully saturated rings. The Morgan fingerprint density at radius 2 is 2.38 bits per heavy atom. The molecule has 2 aliphatic carbocycles. The van der Waals surface area contributed by atoms with Gasteiger partial charge in [0, 0.05) is 0 Å². The van der Waals surface area contributed by atoms with Crippen molar-refractivity contribution in [2.45, 2.75) is 39.0 Å². The summed E-state index contributed by atoms with van der Waals surface area (Å²) in [6.45, 7) is 3.13. The summed E-state index contributed by atoms with van der Waals surface area (Å²) in [7, 11) is 0. The smallest absolute Gasteiger partial charge is 0.00718 e. The lowest BCUT2D eigenvalue weighted by molar-refractivity contribution is 0.321. The van der Waals surface area contributed by atoms with Crippen LogP contribution in [-0.4, -0.2) is 6.54 Å². The molecule has 0 amide bonds. The third-order valence-corrected chi connectivity index (χ3v) is 3.75. The van der Waals surface area contributed by atoms with Gasteiger partial charge in [-0.15, -0.1) is 0 Å². The van der Waals surface area contributed by atoms with Gasteiger partial charge < -0.3 is 5.73 Å². The van der Waals surface area contributed by atoms with Crippen molar-refractivity contribution in [2.24, 2.45) is 23.5 Å². The van der Waals surface area contributed by atoms with Crippen LogP contribution < -0.4 is 5.73 Å². The maximum Gasteiger partial charge on any atom is -0.00718 e. The quantitative estimate of drug-likeness (QED) is 0.662. The molecule has 0 aromatic rings. The van der Waals surface area contributed by atoms with Crippen molar-refractivity contribution in [3.05, 3.63) is 11.6 Å². The highest BCUT2D eigenvalue weighted by Gasteiger charge is 2.38. The summed E-state index contributed by atoms with van der Waals surface area (Å²) < 4.78 is 0. The minimum absolute atomic E-state index is 0.710. The van der Waals surface area contributed by atoms with E-state index in [1.807, 2.05) is 0 Å². The summed E-state index contributed by atoms with van der Waals surface area (Å²) in [5.74, 6) is 2.76. The minimum Gasteiger partial charge on any atom is -0.330 e. The van der Waals surface area contributed by atoms with Crippen LogP contribution in [0.15, 0.2) is 11.6 Å². The van der Waals surface area contributed by atoms with Crippen molar-refractivity contribution in [1.29, 1.82) is 0 Å². The summed E-state index contributed by atoms with van der Waals surface area (Å²) >= 11 is 0. The molecule has 0 aromatic carbocycles. The van der Waals surface area contributed by atoms with Crippen LogP contribution in [-0.2, 0) is 0 Å². The third-order valence-electron chi connectivity index (χ3n) is 3.75. The van der Waals surface area contributed by atoms with Gasteiger partial charge in [0.25, 0.3) is 0 Å². The van der Waals surface area contributed by atoms with Crippen molar-refractivity contribution in [2.75, 3.05) is 6.54 Å². The first-order valence-electron chi connectivity index (χ1n) is 5.72. The predicted molar refractivity (Wildman–Crippen MR) is 56.4 cm³/mol. The van der Waals surface area contributed by atoms with Crippen LogP contribution in [0, 0.1) is 17.8 Å². The average Bonchev–Trinajstić information content (AvgIpc) is 2.43. The maximum absolute atomic E-state index is 5.54.